The average Bonchev–Trinajstić information content (AvgIpc) is 2.83. The highest BCUT2D eigenvalue weighted by Gasteiger charge is 2.40. The first-order valence-electron chi connectivity index (χ1n) is 5.94. The minimum atomic E-state index is 0.406. The monoisotopic (exact) mass is 183 g/mol. The topological polar surface area (TPSA) is 26.0 Å². The Bertz CT molecular complexity index is 136. The molecule has 0 bridgehead atoms. The van der Waals surface area contributed by atoms with Crippen LogP contribution in [0, 0.1) is 5.41 Å². The fourth-order valence-electron chi connectivity index (χ4n) is 2.09. The third-order valence-corrected chi connectivity index (χ3v) is 3.40. The molecule has 0 saturated heterocycles. The van der Waals surface area contributed by atoms with Crippen LogP contribution in [-0.2, 0) is 0 Å². The van der Waals surface area contributed by atoms with Crippen LogP contribution in [0.3, 0.4) is 0 Å². The quantitative estimate of drug-likeness (QED) is 0.601. The van der Waals surface area contributed by atoms with Gasteiger partial charge in [-0.3, -0.25) is 0 Å². The van der Waals surface area contributed by atoms with Crippen LogP contribution in [0.15, 0.2) is 0 Å². The van der Waals surface area contributed by atoms with Crippen LogP contribution < -0.4 is 5.73 Å². The van der Waals surface area contributed by atoms with Crippen molar-refractivity contribution in [1.82, 2.24) is 0 Å². The highest BCUT2D eigenvalue weighted by Crippen LogP contribution is 2.53. The van der Waals surface area contributed by atoms with Gasteiger partial charge in [0.25, 0.3) is 0 Å². The lowest BCUT2D eigenvalue weighted by Crippen LogP contribution is -2.16. The minimum Gasteiger partial charge on any atom is -0.328 e. The molecule has 13 heavy (non-hydrogen) atoms. The zero-order valence-corrected chi connectivity index (χ0v) is 9.31. The summed E-state index contributed by atoms with van der Waals surface area (Å²) < 4.78 is 0. The second-order valence-corrected chi connectivity index (χ2v) is 4.97. The lowest BCUT2D eigenvalue weighted by molar-refractivity contribution is 0.382. The van der Waals surface area contributed by atoms with Crippen molar-refractivity contribution >= 4 is 0 Å². The molecule has 0 aromatic rings. The fraction of sp³-hybridized carbons (Fsp3) is 1.00. The molecule has 1 saturated carbocycles. The summed E-state index contributed by atoms with van der Waals surface area (Å²) in [5.74, 6) is 0. The molecule has 1 heteroatoms. The van der Waals surface area contributed by atoms with Gasteiger partial charge >= 0.3 is 0 Å². The van der Waals surface area contributed by atoms with Crippen molar-refractivity contribution < 1.29 is 0 Å². The molecule has 0 aromatic carbocycles. The maximum absolute atomic E-state index is 5.78. The summed E-state index contributed by atoms with van der Waals surface area (Å²) in [5, 5.41) is 0. The van der Waals surface area contributed by atoms with Crippen molar-refractivity contribution in [2.75, 3.05) is 0 Å². The van der Waals surface area contributed by atoms with Crippen molar-refractivity contribution in [3.63, 3.8) is 0 Å². The Balaban J connectivity index is 2.08. The van der Waals surface area contributed by atoms with Crippen LogP contribution in [0.25, 0.3) is 0 Å². The summed E-state index contributed by atoms with van der Waals surface area (Å²) in [6, 6.07) is 0.406. The summed E-state index contributed by atoms with van der Waals surface area (Å²) in [4.78, 5) is 0. The smallest absolute Gasteiger partial charge is 0.00106 e. The predicted molar refractivity (Wildman–Crippen MR) is 58.7 cm³/mol. The van der Waals surface area contributed by atoms with Crippen LogP contribution in [-0.4, -0.2) is 6.04 Å². The van der Waals surface area contributed by atoms with Gasteiger partial charge in [-0.05, 0) is 44.4 Å². The first kappa shape index (κ1) is 11.0. The van der Waals surface area contributed by atoms with Gasteiger partial charge in [-0.1, -0.05) is 26.2 Å². The summed E-state index contributed by atoms with van der Waals surface area (Å²) >= 11 is 0. The van der Waals surface area contributed by atoms with E-state index in [1.807, 2.05) is 0 Å². The molecular formula is C12H25N. The van der Waals surface area contributed by atoms with Gasteiger partial charge in [0, 0.05) is 6.04 Å². The summed E-state index contributed by atoms with van der Waals surface area (Å²) in [6.07, 6.45) is 11.2. The van der Waals surface area contributed by atoms with E-state index >= 15 is 0 Å². The Morgan fingerprint density at radius 3 is 2.38 bits per heavy atom. The molecule has 1 aliphatic rings. The number of rotatable bonds is 7. The lowest BCUT2D eigenvalue weighted by Gasteiger charge is -2.15. The van der Waals surface area contributed by atoms with Crippen LogP contribution >= 0.6 is 0 Å². The molecule has 1 aliphatic carbocycles. The largest absolute Gasteiger partial charge is 0.328 e. The normalized spacial score (nSPS) is 21.5. The van der Waals surface area contributed by atoms with Crippen molar-refractivity contribution in [2.45, 2.75) is 71.3 Å². The highest BCUT2D eigenvalue weighted by molar-refractivity contribution is 4.92. The maximum Gasteiger partial charge on any atom is 0.00106 e. The summed E-state index contributed by atoms with van der Waals surface area (Å²) in [6.45, 7) is 4.41. The third kappa shape index (κ3) is 4.12. The van der Waals surface area contributed by atoms with Gasteiger partial charge in [-0.15, -0.1) is 0 Å². The number of nitrogens with two attached hydrogens (primary N) is 1. The second kappa shape index (κ2) is 4.99. The van der Waals surface area contributed by atoms with E-state index < -0.39 is 0 Å². The third-order valence-electron chi connectivity index (χ3n) is 3.40. The molecule has 0 radical (unpaired) electrons. The highest BCUT2D eigenvalue weighted by atomic mass is 14.6. The molecule has 1 unspecified atom stereocenters. The van der Waals surface area contributed by atoms with Crippen molar-refractivity contribution in [2.24, 2.45) is 11.1 Å². The van der Waals surface area contributed by atoms with Gasteiger partial charge in [0.2, 0.25) is 0 Å². The first-order chi connectivity index (χ1) is 6.18. The van der Waals surface area contributed by atoms with Crippen LogP contribution in [0.4, 0.5) is 0 Å². The average molecular weight is 183 g/mol. The number of unbranched alkanes of at least 4 members (excludes halogenated alkanes) is 2. The van der Waals surface area contributed by atoms with Crippen LogP contribution in [0.1, 0.15) is 65.2 Å². The van der Waals surface area contributed by atoms with Gasteiger partial charge < -0.3 is 5.73 Å². The molecule has 0 aliphatic heterocycles. The molecule has 78 valence electrons. The first-order valence-corrected chi connectivity index (χ1v) is 5.94. The Kier molecular flexibility index (Phi) is 4.24. The van der Waals surface area contributed by atoms with Crippen molar-refractivity contribution in [3.05, 3.63) is 0 Å². The Hall–Kier alpha value is -0.0400. The van der Waals surface area contributed by atoms with Crippen LogP contribution in [0.2, 0.25) is 0 Å². The molecule has 0 amide bonds. The van der Waals surface area contributed by atoms with Gasteiger partial charge in [-0.25, -0.2) is 0 Å². The van der Waals surface area contributed by atoms with E-state index in [2.05, 4.69) is 13.8 Å². The standard InChI is InChI=1S/C12H25N/c1-3-4-5-7-12(9-10-12)8-6-11(2)13/h11H,3-10,13H2,1-2H3. The van der Waals surface area contributed by atoms with E-state index in [-0.39, 0.29) is 0 Å². The van der Waals surface area contributed by atoms with Gasteiger partial charge in [0.05, 0.1) is 0 Å². The van der Waals surface area contributed by atoms with E-state index in [4.69, 9.17) is 5.73 Å². The second-order valence-electron chi connectivity index (χ2n) is 4.97. The van der Waals surface area contributed by atoms with Gasteiger partial charge in [0.1, 0.15) is 0 Å². The molecule has 1 nitrogen and oxygen atoms in total. The van der Waals surface area contributed by atoms with E-state index in [9.17, 15) is 0 Å². The van der Waals surface area contributed by atoms with Gasteiger partial charge in [0.15, 0.2) is 0 Å². The van der Waals surface area contributed by atoms with Crippen molar-refractivity contribution in [1.29, 1.82) is 0 Å². The maximum atomic E-state index is 5.78. The Morgan fingerprint density at radius 1 is 1.23 bits per heavy atom. The van der Waals surface area contributed by atoms with Crippen molar-refractivity contribution in [3.8, 4) is 0 Å². The molecule has 1 atom stereocenters. The minimum absolute atomic E-state index is 0.406. The summed E-state index contributed by atoms with van der Waals surface area (Å²) in [7, 11) is 0. The zero-order chi connectivity index (χ0) is 9.73. The molecule has 0 heterocycles. The number of hydrogen-bond acceptors (Lipinski definition) is 1. The molecule has 0 aromatic heterocycles. The molecule has 1 rings (SSSR count). The molecule has 0 spiro atoms. The predicted octanol–water partition coefficient (Wildman–Crippen LogP) is 3.47. The fourth-order valence-corrected chi connectivity index (χ4v) is 2.09. The molecule has 1 fully saturated rings. The van der Waals surface area contributed by atoms with E-state index in [1.165, 1.54) is 51.4 Å². The SMILES string of the molecule is CCCCCC1(CCC(C)N)CC1. The molecule has 2 N–H and O–H groups in total. The summed E-state index contributed by atoms with van der Waals surface area (Å²) in [5.41, 5.74) is 6.53. The van der Waals surface area contributed by atoms with E-state index in [0.717, 1.165) is 5.41 Å². The lowest BCUT2D eigenvalue weighted by atomic mass is 9.92. The van der Waals surface area contributed by atoms with E-state index in [1.54, 1.807) is 0 Å². The number of hydrogen-bond donors (Lipinski definition) is 1. The molecular weight excluding hydrogens is 158 g/mol. The van der Waals surface area contributed by atoms with E-state index in [0.29, 0.717) is 6.04 Å². The van der Waals surface area contributed by atoms with Crippen LogP contribution in [0.5, 0.6) is 0 Å². The Morgan fingerprint density at radius 2 is 1.92 bits per heavy atom. The van der Waals surface area contributed by atoms with Gasteiger partial charge in [-0.2, -0.15) is 0 Å². The Labute approximate surface area is 83.1 Å². The zero-order valence-electron chi connectivity index (χ0n) is 9.31.